The number of hydrogen-bond donors (Lipinski definition) is 2. The van der Waals surface area contributed by atoms with Crippen molar-refractivity contribution in [1.82, 2.24) is 20.0 Å². The number of hydrogen-bond acceptors (Lipinski definition) is 4. The van der Waals surface area contributed by atoms with Gasteiger partial charge in [0.1, 0.15) is 0 Å². The number of nitrogens with zero attached hydrogens (tertiary/aromatic N) is 3. The quantitative estimate of drug-likeness (QED) is 0.689. The van der Waals surface area contributed by atoms with E-state index >= 15 is 0 Å². The second kappa shape index (κ2) is 8.43. The Hall–Kier alpha value is -2.53. The number of amides is 1. The fourth-order valence-electron chi connectivity index (χ4n) is 4.62. The van der Waals surface area contributed by atoms with Crippen LogP contribution in [0.3, 0.4) is 0 Å². The molecular weight excluding hydrogens is 435 g/mol. The van der Waals surface area contributed by atoms with E-state index in [2.05, 4.69) is 10.2 Å². The van der Waals surface area contributed by atoms with Gasteiger partial charge in [-0.05, 0) is 37.3 Å². The summed E-state index contributed by atoms with van der Waals surface area (Å²) in [5.74, 6) is -4.38. The van der Waals surface area contributed by atoms with Crippen LogP contribution in [0.5, 0.6) is 0 Å². The van der Waals surface area contributed by atoms with Gasteiger partial charge < -0.3 is 10.0 Å². The van der Waals surface area contributed by atoms with Crippen LogP contribution in [0, 0.1) is 11.6 Å². The first-order valence-electron chi connectivity index (χ1n) is 10.4. The van der Waals surface area contributed by atoms with Crippen molar-refractivity contribution in [2.75, 3.05) is 19.6 Å². The Morgan fingerprint density at radius 1 is 1.25 bits per heavy atom. The molecule has 2 aliphatic heterocycles. The number of aliphatic hydroxyl groups excluding tert-OH is 1. The minimum Gasteiger partial charge on any atom is -0.392 e. The number of aromatic amines is 1. The third kappa shape index (κ3) is 4.23. The lowest BCUT2D eigenvalue weighted by atomic mass is 9.86. The van der Waals surface area contributed by atoms with E-state index in [1.807, 2.05) is 4.90 Å². The molecule has 32 heavy (non-hydrogen) atoms. The first kappa shape index (κ1) is 22.7. The van der Waals surface area contributed by atoms with Crippen molar-refractivity contribution in [2.24, 2.45) is 0 Å². The molecule has 2 aliphatic rings. The molecule has 2 aromatic rings. The minimum absolute atomic E-state index is 0.179. The van der Waals surface area contributed by atoms with E-state index in [9.17, 15) is 31.9 Å². The molecule has 0 radical (unpaired) electrons. The van der Waals surface area contributed by atoms with Gasteiger partial charge in [-0.25, -0.2) is 8.78 Å². The zero-order valence-electron chi connectivity index (χ0n) is 17.3. The summed E-state index contributed by atoms with van der Waals surface area (Å²) < 4.78 is 67.5. The molecule has 1 unspecified atom stereocenters. The van der Waals surface area contributed by atoms with Crippen LogP contribution in [-0.4, -0.2) is 56.7 Å². The summed E-state index contributed by atoms with van der Waals surface area (Å²) in [5, 5.41) is 16.6. The van der Waals surface area contributed by atoms with E-state index in [0.29, 0.717) is 25.7 Å². The molecule has 1 atom stereocenters. The summed E-state index contributed by atoms with van der Waals surface area (Å²) in [6, 6.07) is 1.70. The van der Waals surface area contributed by atoms with Crippen molar-refractivity contribution in [3.8, 4) is 0 Å². The van der Waals surface area contributed by atoms with Gasteiger partial charge >= 0.3 is 6.18 Å². The van der Waals surface area contributed by atoms with Crippen LogP contribution in [-0.2, 0) is 19.3 Å². The molecule has 4 rings (SSSR count). The van der Waals surface area contributed by atoms with Gasteiger partial charge in [0, 0.05) is 38.3 Å². The lowest BCUT2D eigenvalue weighted by Gasteiger charge is -2.33. The maximum atomic E-state index is 14.0. The van der Waals surface area contributed by atoms with E-state index < -0.39 is 35.4 Å². The van der Waals surface area contributed by atoms with Gasteiger partial charge in [-0.15, -0.1) is 0 Å². The number of halogens is 5. The minimum atomic E-state index is -5.01. The van der Waals surface area contributed by atoms with Gasteiger partial charge in [0.2, 0.25) is 0 Å². The topological polar surface area (TPSA) is 72.5 Å². The number of fused-ring (bicyclic) bond motifs is 1. The van der Waals surface area contributed by atoms with Gasteiger partial charge in [-0.1, -0.05) is 6.07 Å². The number of carbonyl (C=O) groups is 1. The van der Waals surface area contributed by atoms with Crippen molar-refractivity contribution in [3.05, 3.63) is 51.8 Å². The van der Waals surface area contributed by atoms with Crippen LogP contribution in [0.15, 0.2) is 12.1 Å². The van der Waals surface area contributed by atoms with Crippen molar-refractivity contribution < 1.29 is 31.9 Å². The maximum absolute atomic E-state index is 14.0. The molecule has 2 N–H and O–H groups in total. The number of nitrogens with one attached hydrogen (secondary N) is 1. The molecule has 11 heteroatoms. The summed E-state index contributed by atoms with van der Waals surface area (Å²) in [4.78, 5) is 16.5. The normalized spacial score (nSPS) is 18.8. The van der Waals surface area contributed by atoms with E-state index in [-0.39, 0.29) is 43.1 Å². The first-order valence-corrected chi connectivity index (χ1v) is 10.4. The van der Waals surface area contributed by atoms with Crippen LogP contribution in [0.25, 0.3) is 0 Å². The highest BCUT2D eigenvalue weighted by atomic mass is 19.4. The summed E-state index contributed by atoms with van der Waals surface area (Å²) >= 11 is 0. The van der Waals surface area contributed by atoms with Crippen molar-refractivity contribution in [1.29, 1.82) is 0 Å². The number of piperidine rings is 1. The number of H-pyrrole nitrogens is 1. The Morgan fingerprint density at radius 3 is 2.56 bits per heavy atom. The Bertz CT molecular complexity index is 1010. The molecule has 0 spiro atoms. The molecule has 1 amide bonds. The second-order valence-electron chi connectivity index (χ2n) is 8.44. The second-order valence-corrected chi connectivity index (χ2v) is 8.44. The lowest BCUT2D eigenvalue weighted by molar-refractivity contribution is -0.141. The Kier molecular flexibility index (Phi) is 5.97. The van der Waals surface area contributed by atoms with Gasteiger partial charge in [0.05, 0.1) is 17.4 Å². The van der Waals surface area contributed by atoms with E-state index in [1.54, 1.807) is 6.92 Å². The predicted molar refractivity (Wildman–Crippen MR) is 104 cm³/mol. The summed E-state index contributed by atoms with van der Waals surface area (Å²) in [7, 11) is 0. The smallest absolute Gasteiger partial charge is 0.392 e. The van der Waals surface area contributed by atoms with E-state index in [1.165, 1.54) is 4.90 Å². The highest BCUT2D eigenvalue weighted by molar-refractivity contribution is 5.94. The van der Waals surface area contributed by atoms with Crippen LogP contribution in [0.1, 0.15) is 58.6 Å². The van der Waals surface area contributed by atoms with Gasteiger partial charge in [-0.3, -0.25) is 14.8 Å². The summed E-state index contributed by atoms with van der Waals surface area (Å²) in [5.41, 5.74) is -0.00268. The number of rotatable bonds is 4. The lowest BCUT2D eigenvalue weighted by Crippen LogP contribution is -2.39. The highest BCUT2D eigenvalue weighted by Gasteiger charge is 2.41. The Labute approximate surface area is 181 Å². The first-order chi connectivity index (χ1) is 15.1. The number of benzene rings is 1. The van der Waals surface area contributed by atoms with Gasteiger partial charge in [-0.2, -0.15) is 18.3 Å². The number of aliphatic hydroxyl groups is 1. The van der Waals surface area contributed by atoms with Crippen molar-refractivity contribution >= 4 is 5.91 Å². The number of likely N-dealkylation sites (tertiary alicyclic amines) is 1. The zero-order chi connectivity index (χ0) is 23.2. The Morgan fingerprint density at radius 2 is 1.94 bits per heavy atom. The van der Waals surface area contributed by atoms with Crippen molar-refractivity contribution in [2.45, 2.75) is 51.1 Å². The molecule has 1 aromatic heterocycles. The SMILES string of the molecule is CC(O)CN1Cc2[nH]nc(C(=O)N3CCC(c4ccc(F)c(F)c4C(F)(F)F)CC3)c2C1. The molecule has 1 aromatic carbocycles. The molecule has 3 heterocycles. The number of alkyl halides is 3. The average molecular weight is 458 g/mol. The molecule has 1 saturated heterocycles. The fourth-order valence-corrected chi connectivity index (χ4v) is 4.62. The fraction of sp³-hybridized carbons (Fsp3) is 0.524. The molecule has 1 fully saturated rings. The Balaban J connectivity index is 1.46. The summed E-state index contributed by atoms with van der Waals surface area (Å²) in [6.07, 6.45) is -5.13. The van der Waals surface area contributed by atoms with Gasteiger partial charge in [0.25, 0.3) is 5.91 Å². The highest BCUT2D eigenvalue weighted by Crippen LogP contribution is 2.41. The molecule has 0 saturated carbocycles. The number of carbonyl (C=O) groups excluding carboxylic acids is 1. The molecule has 0 aliphatic carbocycles. The third-order valence-electron chi connectivity index (χ3n) is 6.07. The van der Waals surface area contributed by atoms with Crippen molar-refractivity contribution in [3.63, 3.8) is 0 Å². The van der Waals surface area contributed by atoms with Gasteiger partial charge in [0.15, 0.2) is 17.3 Å². The molecule has 174 valence electrons. The van der Waals surface area contributed by atoms with Crippen LogP contribution in [0.2, 0.25) is 0 Å². The van der Waals surface area contributed by atoms with Crippen LogP contribution < -0.4 is 0 Å². The molecular formula is C21H23F5N4O2. The molecule has 0 bridgehead atoms. The van der Waals surface area contributed by atoms with Crippen LogP contribution in [0.4, 0.5) is 22.0 Å². The monoisotopic (exact) mass is 458 g/mol. The largest absolute Gasteiger partial charge is 0.419 e. The third-order valence-corrected chi connectivity index (χ3v) is 6.07. The number of aromatic nitrogens is 2. The van der Waals surface area contributed by atoms with Crippen LogP contribution >= 0.6 is 0 Å². The molecule has 6 nitrogen and oxygen atoms in total. The summed E-state index contributed by atoms with van der Waals surface area (Å²) in [6.45, 7) is 3.50. The van der Waals surface area contributed by atoms with E-state index in [4.69, 9.17) is 0 Å². The predicted octanol–water partition coefficient (Wildman–Crippen LogP) is 3.42. The number of β-amino-alcohol motifs (C(OH)–C–C–N with tert-alkyl or cyclic N) is 1. The van der Waals surface area contributed by atoms with E-state index in [0.717, 1.165) is 17.3 Å². The standard InChI is InChI=1S/C21H23F5N4O2/c1-11(31)8-29-9-14-16(10-29)27-28-19(14)20(32)30-6-4-12(5-7-30)13-2-3-15(22)18(23)17(13)21(24,25)26/h2-3,11-12,31H,4-10H2,1H3,(H,27,28). The maximum Gasteiger partial charge on any atom is 0.419 e. The average Bonchev–Trinajstić information content (AvgIpc) is 3.28. The zero-order valence-corrected chi connectivity index (χ0v) is 17.3.